The van der Waals surface area contributed by atoms with Crippen molar-refractivity contribution in [1.82, 2.24) is 19.9 Å². The summed E-state index contributed by atoms with van der Waals surface area (Å²) in [7, 11) is 0. The van der Waals surface area contributed by atoms with Crippen LogP contribution in [0.3, 0.4) is 0 Å². The van der Waals surface area contributed by atoms with E-state index in [2.05, 4.69) is 46.4 Å². The van der Waals surface area contributed by atoms with Crippen LogP contribution in [0.4, 0.5) is 0 Å². The second kappa shape index (κ2) is 41.9. The van der Waals surface area contributed by atoms with E-state index >= 15 is 0 Å². The topological polar surface area (TPSA) is 411 Å². The number of hydrogen-bond donors (Lipinski definition) is 14. The van der Waals surface area contributed by atoms with Gasteiger partial charge in [-0.1, -0.05) is 66.7 Å². The number of aromatic nitrogens is 4. The number of thioether (sulfide) groups is 3. The molecule has 8 bridgehead atoms. The highest BCUT2D eigenvalue weighted by Crippen LogP contribution is 2.41. The molecule has 111 heavy (non-hydrogen) atoms. The number of benzene rings is 4. The van der Waals surface area contributed by atoms with Gasteiger partial charge in [-0.3, -0.25) is 0 Å². The van der Waals surface area contributed by atoms with Gasteiger partial charge in [0.05, 0.1) is 122 Å². The Labute approximate surface area is 653 Å². The lowest BCUT2D eigenvalue weighted by molar-refractivity contribution is -0.205. The van der Waals surface area contributed by atoms with Crippen molar-refractivity contribution in [2.75, 3.05) is 136 Å². The first-order valence-electron chi connectivity index (χ1n) is 36.8. The highest BCUT2D eigenvalue weighted by molar-refractivity contribution is 8.00. The monoisotopic (exact) mass is 1590 g/mol. The number of aliphatic hydroxyl groups is 12. The molecule has 3 saturated heterocycles. The molecule has 31 heteroatoms. The minimum Gasteiger partial charge on any atom is -0.491 e. The number of H-pyrrole nitrogens is 2. The number of hydrogen-bond acceptors (Lipinski definition) is 29. The summed E-state index contributed by atoms with van der Waals surface area (Å²) >= 11 is 3.66. The van der Waals surface area contributed by atoms with E-state index in [1.165, 1.54) is 35.3 Å². The van der Waals surface area contributed by atoms with Crippen molar-refractivity contribution in [2.45, 2.75) is 89.6 Å². The third-order valence-corrected chi connectivity index (χ3v) is 22.3. The van der Waals surface area contributed by atoms with Gasteiger partial charge in [0.25, 0.3) is 0 Å². The zero-order valence-electron chi connectivity index (χ0n) is 60.8. The van der Waals surface area contributed by atoms with Crippen LogP contribution in [0, 0.1) is 0 Å². The highest BCUT2D eigenvalue weighted by Gasteiger charge is 2.46. The number of nitrogens with one attached hydrogen (secondary N) is 2. The second-order valence-corrected chi connectivity index (χ2v) is 30.0. The number of fused-ring (bicyclic) bond motifs is 8. The van der Waals surface area contributed by atoms with Gasteiger partial charge in [-0.15, -0.1) is 35.3 Å². The van der Waals surface area contributed by atoms with E-state index in [1.807, 2.05) is 115 Å². The predicted molar refractivity (Wildman–Crippen MR) is 421 cm³/mol. The number of ether oxygens (including phenoxy) is 12. The Morgan fingerprint density at radius 1 is 0.288 bits per heavy atom. The van der Waals surface area contributed by atoms with Crippen LogP contribution in [-0.2, 0) is 42.6 Å². The summed E-state index contributed by atoms with van der Waals surface area (Å²) in [5, 5.41) is 120. The Hall–Kier alpha value is -6.91. The minimum atomic E-state index is -1.44. The Kier molecular flexibility index (Phi) is 31.5. The first-order valence-corrected chi connectivity index (χ1v) is 40.0. The molecule has 15 atom stereocenters. The maximum absolute atomic E-state index is 10.4. The van der Waals surface area contributed by atoms with Gasteiger partial charge in [0.2, 0.25) is 0 Å². The summed E-state index contributed by atoms with van der Waals surface area (Å²) in [5.74, 6) is 3.20. The van der Waals surface area contributed by atoms with Crippen molar-refractivity contribution in [2.24, 2.45) is 0 Å². The third kappa shape index (κ3) is 21.7. The van der Waals surface area contributed by atoms with Crippen LogP contribution in [0.2, 0.25) is 0 Å². The smallest absolute Gasteiger partial charge is 0.132 e. The van der Waals surface area contributed by atoms with E-state index in [1.54, 1.807) is 0 Å². The van der Waals surface area contributed by atoms with E-state index in [0.717, 1.165) is 78.0 Å². The number of aromatic amines is 2. The van der Waals surface area contributed by atoms with Crippen molar-refractivity contribution in [3.8, 4) is 61.8 Å². The van der Waals surface area contributed by atoms with Gasteiger partial charge in [0.1, 0.15) is 127 Å². The molecule has 5 aliphatic rings. The lowest BCUT2D eigenvalue weighted by Crippen LogP contribution is -2.57. The van der Waals surface area contributed by atoms with Crippen molar-refractivity contribution in [1.29, 1.82) is 0 Å². The lowest BCUT2D eigenvalue weighted by Gasteiger charge is -2.39. The third-order valence-electron chi connectivity index (χ3n) is 18.9. The van der Waals surface area contributed by atoms with Gasteiger partial charge >= 0.3 is 0 Å². The zero-order chi connectivity index (χ0) is 77.6. The normalized spacial score (nSPS) is 24.5. The largest absolute Gasteiger partial charge is 0.491 e. The van der Waals surface area contributed by atoms with Gasteiger partial charge in [-0.2, -0.15) is 0 Å². The fourth-order valence-electron chi connectivity index (χ4n) is 13.1. The molecule has 0 spiro atoms. The molecule has 28 nitrogen and oxygen atoms in total. The molecule has 14 N–H and O–H groups in total. The first kappa shape index (κ1) is 83.5. The molecule has 0 saturated carbocycles. The van der Waals surface area contributed by atoms with Crippen LogP contribution in [0.1, 0.15) is 22.8 Å². The van der Waals surface area contributed by atoms with E-state index in [9.17, 15) is 61.3 Å². The predicted octanol–water partition coefficient (Wildman–Crippen LogP) is 5.16. The molecule has 3 aromatic heterocycles. The van der Waals surface area contributed by atoms with Crippen molar-refractivity contribution < 1.29 is 118 Å². The summed E-state index contributed by atoms with van der Waals surface area (Å²) in [6, 6.07) is 41.9. The Balaban J connectivity index is 0.751. The molecule has 4 aromatic carbocycles. The van der Waals surface area contributed by atoms with Crippen LogP contribution in [0.15, 0.2) is 127 Å². The van der Waals surface area contributed by atoms with Crippen LogP contribution in [0.25, 0.3) is 90.9 Å². The maximum atomic E-state index is 10.4. The van der Waals surface area contributed by atoms with E-state index in [4.69, 9.17) is 66.8 Å². The average Bonchev–Trinajstić information content (AvgIpc) is 1.61. The minimum absolute atomic E-state index is 0.264. The summed E-state index contributed by atoms with van der Waals surface area (Å²) in [5.41, 5.74) is 10.5. The fraction of sp³-hybridized carbons (Fsp3) is 0.450. The van der Waals surface area contributed by atoms with Crippen molar-refractivity contribution in [3.63, 3.8) is 0 Å². The molecule has 598 valence electrons. The number of rotatable bonds is 40. The van der Waals surface area contributed by atoms with Gasteiger partial charge in [0, 0.05) is 61.6 Å². The summed E-state index contributed by atoms with van der Waals surface area (Å²) in [6.45, 7) is 3.04. The Bertz CT molecular complexity index is 4180. The van der Waals surface area contributed by atoms with Gasteiger partial charge in [-0.05, 0) is 107 Å². The SMILES string of the molecule is OCC1O[C@H](SCCOCCOCCOc2ccc(-c3c4nc(c(-c5ccc(OCCOCCOCCSC6OC(CO)[C@H](O)[C@H](O)[C@H]6O)cc5)c5ccc([nH]5)c(-c5ccc(OCCOCCOCCSC6OC(CO)[C@H](O)[C@H](O)[C@H]6O)cc5)c5nc(c(-c6ccccc6)c6ccc3[nH]6)C=C5)C=C4)cc2)[C@@H](O)[C@H](O)C1O. The number of aliphatic hydroxyl groups excluding tert-OH is 12. The molecule has 12 rings (SSSR count). The van der Waals surface area contributed by atoms with Crippen molar-refractivity contribution in [3.05, 3.63) is 150 Å². The van der Waals surface area contributed by atoms with E-state index in [0.29, 0.717) is 125 Å². The van der Waals surface area contributed by atoms with Crippen LogP contribution < -0.4 is 14.2 Å². The summed E-state index contributed by atoms with van der Waals surface area (Å²) in [4.78, 5) is 18.6. The van der Waals surface area contributed by atoms with Crippen molar-refractivity contribution >= 4 is 81.7 Å². The molecule has 3 fully saturated rings. The molecule has 5 aliphatic heterocycles. The Morgan fingerprint density at radius 2 is 0.541 bits per heavy atom. The van der Waals surface area contributed by atoms with Crippen LogP contribution >= 0.6 is 35.3 Å². The fourth-order valence-corrected chi connectivity index (χ4v) is 16.2. The average molecular weight is 1590 g/mol. The molecular weight excluding hydrogens is 1500 g/mol. The van der Waals surface area contributed by atoms with Crippen LogP contribution in [-0.4, -0.2) is 307 Å². The number of nitrogens with zero attached hydrogens (tertiary/aromatic N) is 2. The lowest BCUT2D eigenvalue weighted by atomic mass is 10.0. The standard InChI is InChI=1S/C80H96N4O24S3/c85-44-62-69(88)72(91)75(94)78(106-62)109-41-38-100-29-26-97-32-35-103-51-12-6-48(7-13-51)66-56-20-18-54(81-56)65(47-4-2-1-3-5-47)55-19-21-57(82-55)67(49-8-14-52(15-9-49)104-36-33-98-27-30-101-39-42-110-79-76(95)73(92)70(89)63(45-86)107-79)59-23-25-61(84-59)68(60-24-22-58(66)83-60)50-10-16-53(17-11-50)105-37-34-99-28-31-102-40-43-111-80-77(96)74(93)71(90)64(46-87)108-80/h1-25,62-64,69-81,84-96H,26-46H2/t62?,63?,64?,69?,70-,71-,72+,73-,74-,75-,76+,77+,78+,79?,80?/m0/s1. The van der Waals surface area contributed by atoms with Crippen LogP contribution in [0.5, 0.6) is 17.2 Å². The quantitative estimate of drug-likeness (QED) is 0.0221. The molecule has 0 amide bonds. The molecule has 7 aromatic rings. The Morgan fingerprint density at radius 3 is 0.811 bits per heavy atom. The maximum Gasteiger partial charge on any atom is 0.132 e. The highest BCUT2D eigenvalue weighted by atomic mass is 32.2. The molecular formula is C80H96N4O24S3. The van der Waals surface area contributed by atoms with Gasteiger partial charge < -0.3 is 128 Å². The molecule has 0 aliphatic carbocycles. The summed E-state index contributed by atoms with van der Waals surface area (Å²) in [6.07, 6.45) is -7.26. The second-order valence-electron chi connectivity index (χ2n) is 26.4. The summed E-state index contributed by atoms with van der Waals surface area (Å²) < 4.78 is 69.8. The molecule has 8 heterocycles. The first-order chi connectivity index (χ1) is 54.2. The van der Waals surface area contributed by atoms with E-state index in [-0.39, 0.29) is 19.8 Å². The zero-order valence-corrected chi connectivity index (χ0v) is 63.3. The van der Waals surface area contributed by atoms with Gasteiger partial charge in [-0.25, -0.2) is 9.97 Å². The molecule has 6 unspecified atom stereocenters. The molecule has 0 radical (unpaired) electrons. The van der Waals surface area contributed by atoms with Gasteiger partial charge in [0.15, 0.2) is 0 Å². The van der Waals surface area contributed by atoms with E-state index < -0.39 is 109 Å².